The van der Waals surface area contributed by atoms with E-state index in [4.69, 9.17) is 10.2 Å². The highest BCUT2D eigenvalue weighted by molar-refractivity contribution is 5.57. The van der Waals surface area contributed by atoms with Crippen molar-refractivity contribution in [3.05, 3.63) is 65.5 Å². The van der Waals surface area contributed by atoms with E-state index in [1.54, 1.807) is 17.0 Å². The Labute approximate surface area is 150 Å². The lowest BCUT2D eigenvalue weighted by molar-refractivity contribution is 0.246. The SMILES string of the molecule is Nc1ncc(CN2CCc3ccccc3C2)c2nc(-c3ccco3)nn12. The largest absolute Gasteiger partial charge is 0.461 e. The summed E-state index contributed by atoms with van der Waals surface area (Å²) in [7, 11) is 0. The number of furan rings is 1. The standard InChI is InChI=1S/C19H18N6O/c20-19-21-10-15(12-24-8-7-13-4-1-2-5-14(13)11-24)18-22-17(23-25(18)19)16-6-3-9-26-16/h1-6,9-10H,7-8,11-12H2,(H2,20,21). The number of hydrogen-bond acceptors (Lipinski definition) is 6. The monoisotopic (exact) mass is 346 g/mol. The first-order valence-electron chi connectivity index (χ1n) is 8.61. The number of rotatable bonds is 3. The normalized spacial score (nSPS) is 14.6. The maximum Gasteiger partial charge on any atom is 0.223 e. The van der Waals surface area contributed by atoms with Crippen molar-refractivity contribution < 1.29 is 4.42 Å². The van der Waals surface area contributed by atoms with Crippen LogP contribution in [0.1, 0.15) is 16.7 Å². The number of nitrogens with two attached hydrogens (primary N) is 1. The minimum atomic E-state index is 0.318. The van der Waals surface area contributed by atoms with E-state index >= 15 is 0 Å². The molecule has 4 heterocycles. The Bertz CT molecular complexity index is 1070. The molecule has 26 heavy (non-hydrogen) atoms. The average molecular weight is 346 g/mol. The number of anilines is 1. The fraction of sp³-hybridized carbons (Fsp3) is 0.211. The van der Waals surface area contributed by atoms with Crippen molar-refractivity contribution in [3.63, 3.8) is 0 Å². The van der Waals surface area contributed by atoms with Crippen molar-refractivity contribution >= 4 is 11.6 Å². The zero-order chi connectivity index (χ0) is 17.5. The van der Waals surface area contributed by atoms with Gasteiger partial charge in [0.15, 0.2) is 11.4 Å². The Hall–Kier alpha value is -3.19. The summed E-state index contributed by atoms with van der Waals surface area (Å²) in [6.07, 6.45) is 4.46. The Morgan fingerprint density at radius 3 is 2.85 bits per heavy atom. The Morgan fingerprint density at radius 2 is 2.00 bits per heavy atom. The lowest BCUT2D eigenvalue weighted by Gasteiger charge is -2.28. The van der Waals surface area contributed by atoms with Gasteiger partial charge < -0.3 is 10.2 Å². The van der Waals surface area contributed by atoms with Crippen LogP contribution < -0.4 is 5.73 Å². The molecule has 1 aliphatic rings. The lowest BCUT2D eigenvalue weighted by atomic mass is 10.00. The number of fused-ring (bicyclic) bond motifs is 2. The van der Waals surface area contributed by atoms with E-state index in [9.17, 15) is 0 Å². The number of benzene rings is 1. The number of aromatic nitrogens is 4. The summed E-state index contributed by atoms with van der Waals surface area (Å²) in [4.78, 5) is 11.3. The number of hydrogen-bond donors (Lipinski definition) is 1. The Balaban J connectivity index is 1.49. The second-order valence-electron chi connectivity index (χ2n) is 6.52. The third-order valence-corrected chi connectivity index (χ3v) is 4.81. The molecule has 0 fully saturated rings. The van der Waals surface area contributed by atoms with Gasteiger partial charge in [-0.25, -0.2) is 9.97 Å². The van der Waals surface area contributed by atoms with Crippen molar-refractivity contribution in [1.29, 1.82) is 0 Å². The first-order chi connectivity index (χ1) is 12.8. The van der Waals surface area contributed by atoms with Crippen molar-refractivity contribution in [3.8, 4) is 11.6 Å². The molecule has 0 aliphatic carbocycles. The summed E-state index contributed by atoms with van der Waals surface area (Å²) in [5.74, 6) is 1.45. The molecule has 0 unspecified atom stereocenters. The van der Waals surface area contributed by atoms with Gasteiger partial charge in [-0.1, -0.05) is 24.3 Å². The molecule has 130 valence electrons. The first kappa shape index (κ1) is 15.1. The van der Waals surface area contributed by atoms with Crippen molar-refractivity contribution in [2.45, 2.75) is 19.5 Å². The van der Waals surface area contributed by atoms with Crippen LogP contribution in [0, 0.1) is 0 Å². The van der Waals surface area contributed by atoms with Crippen LogP contribution in [0.3, 0.4) is 0 Å². The minimum absolute atomic E-state index is 0.318. The second-order valence-corrected chi connectivity index (χ2v) is 6.52. The average Bonchev–Trinajstić information content (AvgIpc) is 3.34. The summed E-state index contributed by atoms with van der Waals surface area (Å²) in [6, 6.07) is 12.3. The van der Waals surface area contributed by atoms with Crippen LogP contribution in [0.2, 0.25) is 0 Å². The van der Waals surface area contributed by atoms with Gasteiger partial charge in [-0.3, -0.25) is 4.90 Å². The predicted octanol–water partition coefficient (Wildman–Crippen LogP) is 2.52. The predicted molar refractivity (Wildman–Crippen MR) is 97.2 cm³/mol. The summed E-state index contributed by atoms with van der Waals surface area (Å²) < 4.78 is 7.00. The van der Waals surface area contributed by atoms with Crippen molar-refractivity contribution in [2.24, 2.45) is 0 Å². The molecule has 0 spiro atoms. The van der Waals surface area contributed by atoms with Gasteiger partial charge in [0.2, 0.25) is 11.8 Å². The smallest absolute Gasteiger partial charge is 0.223 e. The lowest BCUT2D eigenvalue weighted by Crippen LogP contribution is -2.30. The minimum Gasteiger partial charge on any atom is -0.461 e. The molecule has 0 radical (unpaired) electrons. The van der Waals surface area contributed by atoms with E-state index in [0.29, 0.717) is 17.5 Å². The maximum absolute atomic E-state index is 5.99. The fourth-order valence-corrected chi connectivity index (χ4v) is 3.49. The summed E-state index contributed by atoms with van der Waals surface area (Å²) >= 11 is 0. The molecule has 7 heteroatoms. The molecule has 4 aromatic rings. The molecule has 0 bridgehead atoms. The van der Waals surface area contributed by atoms with E-state index in [-0.39, 0.29) is 0 Å². The van der Waals surface area contributed by atoms with Crippen LogP contribution >= 0.6 is 0 Å². The van der Waals surface area contributed by atoms with Gasteiger partial charge >= 0.3 is 0 Å². The van der Waals surface area contributed by atoms with Gasteiger partial charge in [0.05, 0.1) is 6.26 Å². The Morgan fingerprint density at radius 1 is 1.12 bits per heavy atom. The van der Waals surface area contributed by atoms with Gasteiger partial charge in [0, 0.05) is 31.4 Å². The van der Waals surface area contributed by atoms with E-state index in [1.165, 1.54) is 11.1 Å². The maximum atomic E-state index is 5.99. The summed E-state index contributed by atoms with van der Waals surface area (Å²) in [6.45, 7) is 2.68. The topological polar surface area (TPSA) is 85.5 Å². The number of nitrogen functional groups attached to an aromatic ring is 1. The second kappa shape index (κ2) is 5.96. The molecule has 1 aliphatic heterocycles. The van der Waals surface area contributed by atoms with Gasteiger partial charge in [0.25, 0.3) is 0 Å². The third kappa shape index (κ3) is 2.53. The zero-order valence-electron chi connectivity index (χ0n) is 14.2. The van der Waals surface area contributed by atoms with Crippen LogP contribution in [0.15, 0.2) is 53.3 Å². The van der Waals surface area contributed by atoms with E-state index in [0.717, 1.165) is 37.3 Å². The Kier molecular flexibility index (Phi) is 3.46. The van der Waals surface area contributed by atoms with Gasteiger partial charge in [-0.2, -0.15) is 4.52 Å². The van der Waals surface area contributed by atoms with Crippen LogP contribution in [-0.4, -0.2) is 31.0 Å². The molecule has 0 amide bonds. The molecule has 0 saturated carbocycles. The fourth-order valence-electron chi connectivity index (χ4n) is 3.49. The highest BCUT2D eigenvalue weighted by Gasteiger charge is 2.19. The molecular formula is C19H18N6O. The zero-order valence-corrected chi connectivity index (χ0v) is 14.2. The van der Waals surface area contributed by atoms with Crippen LogP contribution in [0.25, 0.3) is 17.2 Å². The molecule has 0 saturated heterocycles. The summed E-state index contributed by atoms with van der Waals surface area (Å²) in [5.41, 5.74) is 10.5. The molecule has 5 rings (SSSR count). The third-order valence-electron chi connectivity index (χ3n) is 4.81. The quantitative estimate of drug-likeness (QED) is 0.613. The van der Waals surface area contributed by atoms with E-state index in [1.807, 2.05) is 12.1 Å². The highest BCUT2D eigenvalue weighted by Crippen LogP contribution is 2.23. The van der Waals surface area contributed by atoms with Crippen LogP contribution in [0.5, 0.6) is 0 Å². The molecule has 1 aromatic carbocycles. The van der Waals surface area contributed by atoms with Gasteiger partial charge in [0.1, 0.15) is 0 Å². The van der Waals surface area contributed by atoms with Gasteiger partial charge in [-0.15, -0.1) is 5.10 Å². The van der Waals surface area contributed by atoms with E-state index in [2.05, 4.69) is 44.2 Å². The molecule has 3 aromatic heterocycles. The molecule has 2 N–H and O–H groups in total. The molecule has 7 nitrogen and oxygen atoms in total. The molecular weight excluding hydrogens is 328 g/mol. The summed E-state index contributed by atoms with van der Waals surface area (Å²) in [5, 5.41) is 4.45. The van der Waals surface area contributed by atoms with Gasteiger partial charge in [-0.05, 0) is 29.7 Å². The van der Waals surface area contributed by atoms with Crippen molar-refractivity contribution in [1.82, 2.24) is 24.5 Å². The van der Waals surface area contributed by atoms with Crippen molar-refractivity contribution in [2.75, 3.05) is 12.3 Å². The van der Waals surface area contributed by atoms with E-state index < -0.39 is 0 Å². The van der Waals surface area contributed by atoms with Crippen LogP contribution in [0.4, 0.5) is 5.95 Å². The first-order valence-corrected chi connectivity index (χ1v) is 8.61. The van der Waals surface area contributed by atoms with Crippen LogP contribution in [-0.2, 0) is 19.5 Å². The highest BCUT2D eigenvalue weighted by atomic mass is 16.3. The number of nitrogens with zero attached hydrogens (tertiary/aromatic N) is 5. The molecule has 0 atom stereocenters.